The number of aliphatic hydroxyl groups is 1. The van der Waals surface area contributed by atoms with Gasteiger partial charge in [0.15, 0.2) is 0 Å². The molecule has 0 heterocycles. The number of rotatable bonds is 43. The number of hydrogen-bond acceptors (Lipinski definition) is 7. The summed E-state index contributed by atoms with van der Waals surface area (Å²) in [6, 6.07) is 0. The number of nitrogens with zero attached hydrogens (tertiary/aromatic N) is 1. The normalized spacial score (nSPS) is 11.5. The second-order valence-corrected chi connectivity index (χ2v) is 15.9. The molecule has 0 aromatic heterocycles. The van der Waals surface area contributed by atoms with E-state index in [9.17, 15) is 14.7 Å². The minimum Gasteiger partial charge on any atom is -0.462 e. The molecular weight excluding hydrogens is 663 g/mol. The van der Waals surface area contributed by atoms with Crippen molar-refractivity contribution in [1.29, 1.82) is 0 Å². The third-order valence-corrected chi connectivity index (χ3v) is 10.6. The summed E-state index contributed by atoms with van der Waals surface area (Å²) < 4.78 is 16.5. The number of esters is 1. The number of unbranched alkanes of at least 4 members (excludes halogenated alkanes) is 25. The van der Waals surface area contributed by atoms with Crippen molar-refractivity contribution in [2.24, 2.45) is 0 Å². The van der Waals surface area contributed by atoms with Gasteiger partial charge in [-0.25, -0.2) is 4.79 Å². The van der Waals surface area contributed by atoms with Crippen LogP contribution < -0.4 is 0 Å². The van der Waals surface area contributed by atoms with Gasteiger partial charge in [0, 0.05) is 13.0 Å². The molecule has 7 heteroatoms. The Hall–Kier alpha value is -1.34. The highest BCUT2D eigenvalue weighted by Crippen LogP contribution is 2.18. The van der Waals surface area contributed by atoms with Crippen LogP contribution in [-0.2, 0) is 19.0 Å². The molecule has 0 saturated heterocycles. The van der Waals surface area contributed by atoms with Crippen LogP contribution in [0.5, 0.6) is 0 Å². The molecule has 0 fully saturated rings. The number of hydrogen-bond donors (Lipinski definition) is 1. The summed E-state index contributed by atoms with van der Waals surface area (Å²) in [6.07, 6.45) is 39.0. The van der Waals surface area contributed by atoms with Crippen LogP contribution in [0.4, 0.5) is 4.79 Å². The third kappa shape index (κ3) is 40.1. The largest absolute Gasteiger partial charge is 0.508 e. The number of carbonyl (C=O) groups is 2. The van der Waals surface area contributed by atoms with E-state index in [1.54, 1.807) is 0 Å². The van der Waals surface area contributed by atoms with Gasteiger partial charge in [0.05, 0.1) is 13.2 Å². The molecule has 0 unspecified atom stereocenters. The van der Waals surface area contributed by atoms with E-state index in [0.29, 0.717) is 19.6 Å². The summed E-state index contributed by atoms with van der Waals surface area (Å²) in [5, 5.41) is 9.18. The van der Waals surface area contributed by atoms with Crippen LogP contribution in [0, 0.1) is 0 Å². The molecule has 0 aliphatic heterocycles. The molecule has 0 radical (unpaired) electrons. The molecule has 0 aliphatic rings. The summed E-state index contributed by atoms with van der Waals surface area (Å²) in [4.78, 5) is 27.2. The average Bonchev–Trinajstić information content (AvgIpc) is 3.15. The highest BCUT2D eigenvalue weighted by atomic mass is 16.7. The molecule has 0 bridgehead atoms. The number of aliphatic hydroxyl groups excluding tert-OH is 1. The van der Waals surface area contributed by atoms with E-state index in [2.05, 4.69) is 25.7 Å². The van der Waals surface area contributed by atoms with Crippen LogP contribution in [0.15, 0.2) is 0 Å². The first-order chi connectivity index (χ1) is 26.1. The Bertz CT molecular complexity index is 734. The third-order valence-electron chi connectivity index (χ3n) is 10.6. The molecule has 0 amide bonds. The van der Waals surface area contributed by atoms with Gasteiger partial charge in [-0.15, -0.1) is 0 Å². The van der Waals surface area contributed by atoms with Gasteiger partial charge in [-0.05, 0) is 96.7 Å². The minimum absolute atomic E-state index is 0.0197. The van der Waals surface area contributed by atoms with Crippen LogP contribution in [0.3, 0.4) is 0 Å². The van der Waals surface area contributed by atoms with Crippen molar-refractivity contribution in [3.8, 4) is 0 Å². The van der Waals surface area contributed by atoms with Gasteiger partial charge in [-0.2, -0.15) is 0 Å². The Morgan fingerprint density at radius 1 is 0.453 bits per heavy atom. The molecule has 0 spiro atoms. The van der Waals surface area contributed by atoms with Crippen molar-refractivity contribution < 1.29 is 28.9 Å². The van der Waals surface area contributed by atoms with E-state index in [1.165, 1.54) is 128 Å². The van der Waals surface area contributed by atoms with Crippen molar-refractivity contribution in [1.82, 2.24) is 4.90 Å². The molecule has 316 valence electrons. The molecule has 0 atom stereocenters. The zero-order valence-corrected chi connectivity index (χ0v) is 35.8. The second kappa shape index (κ2) is 43.4. The maximum absolute atomic E-state index is 12.8. The van der Waals surface area contributed by atoms with Crippen molar-refractivity contribution in [2.75, 3.05) is 39.5 Å². The maximum Gasteiger partial charge on any atom is 0.508 e. The summed E-state index contributed by atoms with van der Waals surface area (Å²) >= 11 is 0. The Balaban J connectivity index is 4.16. The van der Waals surface area contributed by atoms with E-state index < -0.39 is 6.16 Å². The zero-order valence-electron chi connectivity index (χ0n) is 35.8. The fourth-order valence-electron chi connectivity index (χ4n) is 7.11. The molecule has 1 N–H and O–H groups in total. The molecule has 7 nitrogen and oxygen atoms in total. The fourth-order valence-corrected chi connectivity index (χ4v) is 7.11. The van der Waals surface area contributed by atoms with E-state index in [1.807, 2.05) is 0 Å². The van der Waals surface area contributed by atoms with Crippen LogP contribution in [0.25, 0.3) is 0 Å². The summed E-state index contributed by atoms with van der Waals surface area (Å²) in [6.45, 7) is 11.3. The minimum atomic E-state index is -0.517. The first-order valence-corrected chi connectivity index (χ1v) is 23.4. The lowest BCUT2D eigenvalue weighted by atomic mass is 10.0. The Kier molecular flexibility index (Phi) is 42.3. The molecule has 0 aliphatic carbocycles. The Morgan fingerprint density at radius 3 is 1.25 bits per heavy atom. The first kappa shape index (κ1) is 51.7. The van der Waals surface area contributed by atoms with Gasteiger partial charge in [-0.1, -0.05) is 156 Å². The van der Waals surface area contributed by atoms with Gasteiger partial charge in [0.2, 0.25) is 0 Å². The lowest BCUT2D eigenvalue weighted by molar-refractivity contribution is -0.150. The van der Waals surface area contributed by atoms with E-state index in [4.69, 9.17) is 14.2 Å². The van der Waals surface area contributed by atoms with Crippen molar-refractivity contribution in [3.05, 3.63) is 0 Å². The zero-order chi connectivity index (χ0) is 38.7. The van der Waals surface area contributed by atoms with E-state index >= 15 is 0 Å². The monoisotopic (exact) mass is 754 g/mol. The number of ether oxygens (including phenoxy) is 3. The standard InChI is InChI=1S/C46H91NO6/c1-4-7-10-13-16-23-33-42-51-46(50)52-43-34-24-22-30-39-47(40-31-25-32-41-48)38-29-21-17-20-28-37-45(49)53-44(35-26-18-14-11-8-5-2)36-27-19-15-12-9-6-3/h44,48H,4-43H2,1-3H3. The van der Waals surface area contributed by atoms with Crippen molar-refractivity contribution in [3.63, 3.8) is 0 Å². The molecule has 0 aromatic rings. The summed E-state index contributed by atoms with van der Waals surface area (Å²) in [7, 11) is 0. The Labute approximate surface area is 329 Å². The van der Waals surface area contributed by atoms with Gasteiger partial charge < -0.3 is 24.2 Å². The lowest BCUT2D eigenvalue weighted by Gasteiger charge is -2.22. The highest BCUT2D eigenvalue weighted by Gasteiger charge is 2.14. The predicted molar refractivity (Wildman–Crippen MR) is 225 cm³/mol. The van der Waals surface area contributed by atoms with Crippen molar-refractivity contribution >= 4 is 12.1 Å². The SMILES string of the molecule is CCCCCCCCCOC(=O)OCCCCCCN(CCCCCO)CCCCCCCC(=O)OC(CCCCCCCC)CCCCCCCC. The fraction of sp³-hybridized carbons (Fsp3) is 0.957. The van der Waals surface area contributed by atoms with Gasteiger partial charge >= 0.3 is 12.1 Å². The summed E-state index contributed by atoms with van der Waals surface area (Å²) in [5.41, 5.74) is 0. The molecular formula is C46H91NO6. The molecule has 53 heavy (non-hydrogen) atoms. The van der Waals surface area contributed by atoms with E-state index in [-0.39, 0.29) is 18.7 Å². The molecule has 0 rings (SSSR count). The smallest absolute Gasteiger partial charge is 0.462 e. The van der Waals surface area contributed by atoms with Crippen LogP contribution >= 0.6 is 0 Å². The van der Waals surface area contributed by atoms with Crippen LogP contribution in [0.2, 0.25) is 0 Å². The average molecular weight is 754 g/mol. The highest BCUT2D eigenvalue weighted by molar-refractivity contribution is 5.69. The molecule has 0 saturated carbocycles. The first-order valence-electron chi connectivity index (χ1n) is 23.4. The van der Waals surface area contributed by atoms with Crippen molar-refractivity contribution in [2.45, 2.75) is 245 Å². The van der Waals surface area contributed by atoms with Gasteiger partial charge in [0.25, 0.3) is 0 Å². The second-order valence-electron chi connectivity index (χ2n) is 15.9. The quantitative estimate of drug-likeness (QED) is 0.0490. The summed E-state index contributed by atoms with van der Waals surface area (Å²) in [5.74, 6) is 0.0197. The maximum atomic E-state index is 12.8. The lowest BCUT2D eigenvalue weighted by Crippen LogP contribution is -2.27. The number of carbonyl (C=O) groups excluding carboxylic acids is 2. The van der Waals surface area contributed by atoms with Gasteiger partial charge in [0.1, 0.15) is 6.10 Å². The van der Waals surface area contributed by atoms with Crippen LogP contribution in [0.1, 0.15) is 239 Å². The topological polar surface area (TPSA) is 85.3 Å². The molecule has 0 aromatic carbocycles. The Morgan fingerprint density at radius 2 is 0.811 bits per heavy atom. The van der Waals surface area contributed by atoms with E-state index in [0.717, 1.165) is 103 Å². The van der Waals surface area contributed by atoms with Gasteiger partial charge in [-0.3, -0.25) is 4.79 Å². The predicted octanol–water partition coefficient (Wildman–Crippen LogP) is 13.7. The van der Waals surface area contributed by atoms with Crippen LogP contribution in [-0.4, -0.2) is 67.7 Å².